The lowest BCUT2D eigenvalue weighted by Gasteiger charge is -2.26. The van der Waals surface area contributed by atoms with Gasteiger partial charge in [0.25, 0.3) is 15.9 Å². The fraction of sp³-hybridized carbons (Fsp3) is 0.208. The number of carbonyl (C=O) groups excluding carboxylic acids is 1. The third kappa shape index (κ3) is 4.60. The van der Waals surface area contributed by atoms with Crippen molar-refractivity contribution in [2.75, 3.05) is 4.72 Å². The molecule has 0 fully saturated rings. The standard InChI is InChI=1S/C24H23ClN2O3S/c1-16-7-2-5-11-21(16)27-31(29,30)23-15-18(13-14-20(23)25)24(28)26-22-12-6-9-17-8-3-4-10-19(17)22/h2-5,7-8,10-11,13-15,22,27H,6,9,12H2,1H3,(H,26,28). The molecule has 5 nitrogen and oxygen atoms in total. The summed E-state index contributed by atoms with van der Waals surface area (Å²) < 4.78 is 28.5. The third-order valence-corrected chi connectivity index (χ3v) is 7.39. The smallest absolute Gasteiger partial charge is 0.263 e. The molecule has 0 saturated carbocycles. The molecule has 2 N–H and O–H groups in total. The Morgan fingerprint density at radius 2 is 1.77 bits per heavy atom. The summed E-state index contributed by atoms with van der Waals surface area (Å²) in [5.74, 6) is -0.328. The first-order chi connectivity index (χ1) is 14.8. The maximum absolute atomic E-state index is 13.0. The number of amides is 1. The van der Waals surface area contributed by atoms with E-state index < -0.39 is 10.0 Å². The van der Waals surface area contributed by atoms with Crippen LogP contribution in [0.5, 0.6) is 0 Å². The van der Waals surface area contributed by atoms with Crippen LogP contribution in [0, 0.1) is 6.92 Å². The summed E-state index contributed by atoms with van der Waals surface area (Å²) in [4.78, 5) is 12.8. The van der Waals surface area contributed by atoms with Crippen LogP contribution in [0.4, 0.5) is 5.69 Å². The van der Waals surface area contributed by atoms with E-state index >= 15 is 0 Å². The average Bonchev–Trinajstić information content (AvgIpc) is 2.75. The lowest BCUT2D eigenvalue weighted by atomic mass is 9.87. The van der Waals surface area contributed by atoms with Crippen molar-refractivity contribution in [3.8, 4) is 0 Å². The minimum absolute atomic E-state index is 0.0562. The Morgan fingerprint density at radius 3 is 2.58 bits per heavy atom. The van der Waals surface area contributed by atoms with Crippen molar-refractivity contribution >= 4 is 33.2 Å². The average molecular weight is 455 g/mol. The Balaban J connectivity index is 1.59. The molecule has 1 unspecified atom stereocenters. The zero-order chi connectivity index (χ0) is 22.0. The second kappa shape index (κ2) is 8.73. The van der Waals surface area contributed by atoms with E-state index in [1.54, 1.807) is 18.2 Å². The van der Waals surface area contributed by atoms with E-state index in [0.717, 1.165) is 30.4 Å². The summed E-state index contributed by atoms with van der Waals surface area (Å²) in [5, 5.41) is 3.11. The van der Waals surface area contributed by atoms with Crippen LogP contribution in [0.2, 0.25) is 5.02 Å². The minimum Gasteiger partial charge on any atom is -0.345 e. The van der Waals surface area contributed by atoms with Crippen molar-refractivity contribution in [2.24, 2.45) is 0 Å². The fourth-order valence-electron chi connectivity index (χ4n) is 3.88. The maximum atomic E-state index is 13.0. The number of sulfonamides is 1. The topological polar surface area (TPSA) is 75.3 Å². The van der Waals surface area contributed by atoms with Gasteiger partial charge >= 0.3 is 0 Å². The van der Waals surface area contributed by atoms with E-state index in [1.165, 1.54) is 17.7 Å². The van der Waals surface area contributed by atoms with Gasteiger partial charge in [0.15, 0.2) is 0 Å². The second-order valence-corrected chi connectivity index (χ2v) is 9.74. The molecule has 0 spiro atoms. The fourth-order valence-corrected chi connectivity index (χ4v) is 5.54. The van der Waals surface area contributed by atoms with Crippen molar-refractivity contribution < 1.29 is 13.2 Å². The highest BCUT2D eigenvalue weighted by Crippen LogP contribution is 2.30. The molecule has 1 atom stereocenters. The van der Waals surface area contributed by atoms with Gasteiger partial charge in [-0.1, -0.05) is 54.1 Å². The van der Waals surface area contributed by atoms with Gasteiger partial charge in [-0.2, -0.15) is 0 Å². The molecule has 3 aromatic rings. The number of hydrogen-bond donors (Lipinski definition) is 2. The highest BCUT2D eigenvalue weighted by molar-refractivity contribution is 7.92. The summed E-state index contributed by atoms with van der Waals surface area (Å²) in [6.45, 7) is 1.81. The SMILES string of the molecule is Cc1ccccc1NS(=O)(=O)c1cc(C(=O)NC2CCCc3ccccc32)ccc1Cl. The molecule has 1 aliphatic carbocycles. The summed E-state index contributed by atoms with van der Waals surface area (Å²) in [7, 11) is -3.97. The number of halogens is 1. The lowest BCUT2D eigenvalue weighted by molar-refractivity contribution is 0.0932. The largest absolute Gasteiger partial charge is 0.345 e. The van der Waals surface area contributed by atoms with Gasteiger partial charge in [0.1, 0.15) is 4.90 Å². The maximum Gasteiger partial charge on any atom is 0.263 e. The van der Waals surface area contributed by atoms with Gasteiger partial charge in [-0.05, 0) is 67.1 Å². The number of carbonyl (C=O) groups is 1. The Kier molecular flexibility index (Phi) is 6.03. The molecular formula is C24H23ClN2O3S. The molecule has 31 heavy (non-hydrogen) atoms. The quantitative estimate of drug-likeness (QED) is 0.552. The zero-order valence-corrected chi connectivity index (χ0v) is 18.6. The molecule has 1 amide bonds. The van der Waals surface area contributed by atoms with Crippen molar-refractivity contribution in [1.29, 1.82) is 0 Å². The van der Waals surface area contributed by atoms with Crippen LogP contribution in [-0.2, 0) is 16.4 Å². The molecule has 4 rings (SSSR count). The molecule has 0 bridgehead atoms. The molecule has 7 heteroatoms. The number of para-hydroxylation sites is 1. The lowest BCUT2D eigenvalue weighted by Crippen LogP contribution is -2.31. The van der Waals surface area contributed by atoms with E-state index in [4.69, 9.17) is 11.6 Å². The van der Waals surface area contributed by atoms with E-state index in [-0.39, 0.29) is 27.4 Å². The molecule has 3 aromatic carbocycles. The summed E-state index contributed by atoms with van der Waals surface area (Å²) in [6.07, 6.45) is 2.83. The predicted molar refractivity (Wildman–Crippen MR) is 123 cm³/mol. The Morgan fingerprint density at radius 1 is 1.03 bits per heavy atom. The monoisotopic (exact) mass is 454 g/mol. The number of aryl methyl sites for hydroxylation is 2. The normalized spacial score (nSPS) is 15.7. The first-order valence-electron chi connectivity index (χ1n) is 10.1. The summed E-state index contributed by atoms with van der Waals surface area (Å²) in [6, 6.07) is 19.4. The van der Waals surface area contributed by atoms with Crippen LogP contribution in [0.3, 0.4) is 0 Å². The van der Waals surface area contributed by atoms with Crippen LogP contribution in [-0.4, -0.2) is 14.3 Å². The molecule has 160 valence electrons. The van der Waals surface area contributed by atoms with E-state index in [2.05, 4.69) is 16.1 Å². The first-order valence-corrected chi connectivity index (χ1v) is 12.0. The van der Waals surface area contributed by atoms with Gasteiger partial charge in [-0.3, -0.25) is 9.52 Å². The van der Waals surface area contributed by atoms with Gasteiger partial charge < -0.3 is 5.32 Å². The van der Waals surface area contributed by atoms with Crippen molar-refractivity contribution in [3.05, 3.63) is 94.0 Å². The van der Waals surface area contributed by atoms with Crippen LogP contribution in [0.15, 0.2) is 71.6 Å². The van der Waals surface area contributed by atoms with E-state index in [0.29, 0.717) is 5.69 Å². The molecule has 0 aliphatic heterocycles. The minimum atomic E-state index is -3.97. The highest BCUT2D eigenvalue weighted by Gasteiger charge is 2.24. The highest BCUT2D eigenvalue weighted by atomic mass is 35.5. The second-order valence-electron chi connectivity index (χ2n) is 7.68. The summed E-state index contributed by atoms with van der Waals surface area (Å²) in [5.41, 5.74) is 3.85. The number of fused-ring (bicyclic) bond motifs is 1. The number of anilines is 1. The molecule has 0 aromatic heterocycles. The third-order valence-electron chi connectivity index (χ3n) is 5.55. The first kappa shape index (κ1) is 21.4. The van der Waals surface area contributed by atoms with Crippen molar-refractivity contribution in [2.45, 2.75) is 37.1 Å². The van der Waals surface area contributed by atoms with Crippen LogP contribution >= 0.6 is 11.6 Å². The zero-order valence-electron chi connectivity index (χ0n) is 17.1. The van der Waals surface area contributed by atoms with Crippen LogP contribution in [0.1, 0.15) is 45.9 Å². The van der Waals surface area contributed by atoms with Gasteiger partial charge in [-0.25, -0.2) is 8.42 Å². The van der Waals surface area contributed by atoms with Gasteiger partial charge in [-0.15, -0.1) is 0 Å². The Labute approximate surface area is 187 Å². The Bertz CT molecular complexity index is 1240. The molecular weight excluding hydrogens is 432 g/mol. The molecule has 0 radical (unpaired) electrons. The van der Waals surface area contributed by atoms with Crippen molar-refractivity contribution in [1.82, 2.24) is 5.32 Å². The number of nitrogens with one attached hydrogen (secondary N) is 2. The van der Waals surface area contributed by atoms with E-state index in [1.807, 2.05) is 37.3 Å². The predicted octanol–water partition coefficient (Wildman–Crippen LogP) is 5.26. The molecule has 0 heterocycles. The summed E-state index contributed by atoms with van der Waals surface area (Å²) >= 11 is 6.20. The van der Waals surface area contributed by atoms with Crippen molar-refractivity contribution in [3.63, 3.8) is 0 Å². The molecule has 1 aliphatic rings. The van der Waals surface area contributed by atoms with Gasteiger partial charge in [0.05, 0.1) is 16.8 Å². The van der Waals surface area contributed by atoms with Crippen LogP contribution < -0.4 is 10.0 Å². The van der Waals surface area contributed by atoms with E-state index in [9.17, 15) is 13.2 Å². The molecule has 0 saturated heterocycles. The van der Waals surface area contributed by atoms with Gasteiger partial charge in [0, 0.05) is 5.56 Å². The van der Waals surface area contributed by atoms with Gasteiger partial charge in [0.2, 0.25) is 0 Å². The van der Waals surface area contributed by atoms with Crippen LogP contribution in [0.25, 0.3) is 0 Å². The Hall–Kier alpha value is -2.83. The number of hydrogen-bond acceptors (Lipinski definition) is 3. The number of rotatable bonds is 5. The number of benzene rings is 3.